The van der Waals surface area contributed by atoms with Gasteiger partial charge < -0.3 is 19.7 Å². The Morgan fingerprint density at radius 2 is 1.82 bits per heavy atom. The third-order valence-corrected chi connectivity index (χ3v) is 3.33. The highest BCUT2D eigenvalue weighted by Gasteiger charge is 2.11. The van der Waals surface area contributed by atoms with Crippen molar-refractivity contribution in [1.82, 2.24) is 10.2 Å². The number of ether oxygens (including phenoxy) is 2. The Bertz CT molecular complexity index is 457. The Labute approximate surface area is 139 Å². The molecule has 0 atom stereocenters. The van der Waals surface area contributed by atoms with Gasteiger partial charge >= 0.3 is 0 Å². The molecule has 22 heavy (non-hydrogen) atoms. The molecule has 1 aromatic carbocycles. The summed E-state index contributed by atoms with van der Waals surface area (Å²) in [4.78, 5) is 13.7. The van der Waals surface area contributed by atoms with Gasteiger partial charge in [-0.05, 0) is 30.5 Å². The second kappa shape index (κ2) is 10.4. The van der Waals surface area contributed by atoms with Crippen LogP contribution < -0.4 is 10.1 Å². The van der Waals surface area contributed by atoms with Crippen LogP contribution in [0, 0.1) is 13.8 Å². The van der Waals surface area contributed by atoms with Crippen LogP contribution in [0.25, 0.3) is 0 Å². The van der Waals surface area contributed by atoms with Crippen LogP contribution in [-0.4, -0.2) is 51.8 Å². The van der Waals surface area contributed by atoms with E-state index in [1.807, 2.05) is 20.9 Å². The number of hydrogen-bond acceptors (Lipinski definition) is 4. The van der Waals surface area contributed by atoms with Gasteiger partial charge in [0.05, 0.1) is 20.3 Å². The van der Waals surface area contributed by atoms with Crippen LogP contribution in [0.15, 0.2) is 12.1 Å². The largest absolute Gasteiger partial charge is 0.496 e. The molecule has 1 rings (SSSR count). The van der Waals surface area contributed by atoms with Crippen molar-refractivity contribution in [2.24, 2.45) is 0 Å². The lowest BCUT2D eigenvalue weighted by atomic mass is 10.1. The number of halogens is 1. The zero-order valence-corrected chi connectivity index (χ0v) is 14.9. The van der Waals surface area contributed by atoms with Crippen LogP contribution in [0.5, 0.6) is 5.75 Å². The Morgan fingerprint density at radius 3 is 2.32 bits per heavy atom. The van der Waals surface area contributed by atoms with Crippen molar-refractivity contribution in [3.63, 3.8) is 0 Å². The number of methoxy groups -OCH3 is 2. The van der Waals surface area contributed by atoms with Gasteiger partial charge in [0, 0.05) is 27.2 Å². The van der Waals surface area contributed by atoms with Crippen LogP contribution in [-0.2, 0) is 16.1 Å². The number of benzene rings is 1. The lowest BCUT2D eigenvalue weighted by Crippen LogP contribution is -2.36. The summed E-state index contributed by atoms with van der Waals surface area (Å²) in [5, 5.41) is 3.06. The minimum Gasteiger partial charge on any atom is -0.496 e. The Balaban J connectivity index is 0.00000441. The molecule has 0 unspecified atom stereocenters. The lowest BCUT2D eigenvalue weighted by molar-refractivity contribution is -0.129. The molecule has 0 saturated heterocycles. The summed E-state index contributed by atoms with van der Waals surface area (Å²) < 4.78 is 10.3. The predicted octanol–water partition coefficient (Wildman–Crippen LogP) is 1.93. The minimum absolute atomic E-state index is 0. The molecule has 1 amide bonds. The summed E-state index contributed by atoms with van der Waals surface area (Å²) in [6, 6.07) is 4.13. The predicted molar refractivity (Wildman–Crippen MR) is 90.9 cm³/mol. The molecular formula is C16H27ClN2O3. The van der Waals surface area contributed by atoms with Gasteiger partial charge in [0.25, 0.3) is 0 Å². The number of aryl methyl sites for hydroxylation is 2. The molecule has 0 bridgehead atoms. The fourth-order valence-corrected chi connectivity index (χ4v) is 2.32. The third kappa shape index (κ3) is 6.22. The van der Waals surface area contributed by atoms with Gasteiger partial charge in [-0.2, -0.15) is 0 Å². The summed E-state index contributed by atoms with van der Waals surface area (Å²) in [6.07, 6.45) is 0. The van der Waals surface area contributed by atoms with E-state index in [0.29, 0.717) is 26.2 Å². The van der Waals surface area contributed by atoms with E-state index < -0.39 is 0 Å². The van der Waals surface area contributed by atoms with Gasteiger partial charge in [0.2, 0.25) is 5.91 Å². The zero-order valence-electron chi connectivity index (χ0n) is 14.1. The maximum atomic E-state index is 12.0. The van der Waals surface area contributed by atoms with E-state index in [4.69, 9.17) is 9.47 Å². The average Bonchev–Trinajstić information content (AvgIpc) is 2.43. The average molecular weight is 331 g/mol. The van der Waals surface area contributed by atoms with Crippen molar-refractivity contribution in [1.29, 1.82) is 0 Å². The van der Waals surface area contributed by atoms with Gasteiger partial charge in [0.1, 0.15) is 5.75 Å². The second-order valence-corrected chi connectivity index (χ2v) is 5.18. The lowest BCUT2D eigenvalue weighted by Gasteiger charge is -2.19. The molecule has 0 saturated carbocycles. The van der Waals surface area contributed by atoms with Gasteiger partial charge in [-0.3, -0.25) is 4.79 Å². The zero-order chi connectivity index (χ0) is 15.8. The first-order valence-electron chi connectivity index (χ1n) is 7.07. The van der Waals surface area contributed by atoms with Crippen molar-refractivity contribution in [3.8, 4) is 5.75 Å². The highest BCUT2D eigenvalue weighted by molar-refractivity contribution is 5.85. The number of carbonyl (C=O) groups is 1. The first-order valence-corrected chi connectivity index (χ1v) is 7.07. The first kappa shape index (κ1) is 20.7. The normalized spacial score (nSPS) is 10.0. The van der Waals surface area contributed by atoms with Crippen molar-refractivity contribution < 1.29 is 14.3 Å². The number of rotatable bonds is 8. The van der Waals surface area contributed by atoms with E-state index in [1.165, 1.54) is 0 Å². The fraction of sp³-hybridized carbons (Fsp3) is 0.562. The van der Waals surface area contributed by atoms with Crippen LogP contribution in [0.3, 0.4) is 0 Å². The number of likely N-dealkylation sites (N-methyl/N-ethyl adjacent to an activating group) is 1. The smallest absolute Gasteiger partial charge is 0.236 e. The molecule has 5 nitrogen and oxygen atoms in total. The topological polar surface area (TPSA) is 50.8 Å². The van der Waals surface area contributed by atoms with Gasteiger partial charge in [-0.25, -0.2) is 0 Å². The maximum Gasteiger partial charge on any atom is 0.236 e. The van der Waals surface area contributed by atoms with Crippen LogP contribution in [0.2, 0.25) is 0 Å². The monoisotopic (exact) mass is 330 g/mol. The van der Waals surface area contributed by atoms with E-state index in [2.05, 4.69) is 17.4 Å². The van der Waals surface area contributed by atoms with Crippen molar-refractivity contribution in [2.45, 2.75) is 20.4 Å². The quantitative estimate of drug-likeness (QED) is 0.740. The SMILES string of the molecule is COCCNCC(=O)N(C)Cc1cc(C)c(OC)c(C)c1.Cl. The Morgan fingerprint density at radius 1 is 1.23 bits per heavy atom. The van der Waals surface area contributed by atoms with Gasteiger partial charge in [0.15, 0.2) is 0 Å². The number of carbonyl (C=O) groups excluding carboxylic acids is 1. The van der Waals surface area contributed by atoms with Gasteiger partial charge in [-0.15, -0.1) is 12.4 Å². The third-order valence-electron chi connectivity index (χ3n) is 3.33. The molecule has 0 aliphatic heterocycles. The van der Waals surface area contributed by atoms with E-state index in [0.717, 1.165) is 22.4 Å². The summed E-state index contributed by atoms with van der Waals surface area (Å²) in [6.45, 7) is 6.24. The summed E-state index contributed by atoms with van der Waals surface area (Å²) >= 11 is 0. The molecule has 0 fully saturated rings. The molecule has 1 N–H and O–H groups in total. The molecule has 0 aromatic heterocycles. The number of nitrogens with one attached hydrogen (secondary N) is 1. The molecule has 0 spiro atoms. The molecule has 6 heteroatoms. The van der Waals surface area contributed by atoms with Crippen molar-refractivity contribution in [2.75, 3.05) is 41.0 Å². The summed E-state index contributed by atoms with van der Waals surface area (Å²) in [5.74, 6) is 0.978. The summed E-state index contributed by atoms with van der Waals surface area (Å²) in [7, 11) is 5.13. The van der Waals surface area contributed by atoms with E-state index in [9.17, 15) is 4.79 Å². The molecule has 126 valence electrons. The highest BCUT2D eigenvalue weighted by atomic mass is 35.5. The molecule has 1 aromatic rings. The standard InChI is InChI=1S/C16H26N2O3.ClH/c1-12-8-14(9-13(2)16(12)21-5)11-18(3)15(19)10-17-6-7-20-4;/h8-9,17H,6-7,10-11H2,1-5H3;1H. The van der Waals surface area contributed by atoms with Crippen molar-refractivity contribution in [3.05, 3.63) is 28.8 Å². The van der Waals surface area contributed by atoms with Crippen LogP contribution in [0.1, 0.15) is 16.7 Å². The van der Waals surface area contributed by atoms with E-state index >= 15 is 0 Å². The van der Waals surface area contributed by atoms with Crippen LogP contribution >= 0.6 is 12.4 Å². The van der Waals surface area contributed by atoms with Crippen molar-refractivity contribution >= 4 is 18.3 Å². The van der Waals surface area contributed by atoms with E-state index in [-0.39, 0.29) is 18.3 Å². The minimum atomic E-state index is 0. The molecule has 0 aliphatic carbocycles. The van der Waals surface area contributed by atoms with E-state index in [1.54, 1.807) is 19.1 Å². The highest BCUT2D eigenvalue weighted by Crippen LogP contribution is 2.24. The Kier molecular flexibility index (Phi) is 9.81. The number of amides is 1. The molecule has 0 heterocycles. The van der Waals surface area contributed by atoms with Gasteiger partial charge in [-0.1, -0.05) is 12.1 Å². The molecule has 0 aliphatic rings. The second-order valence-electron chi connectivity index (χ2n) is 5.18. The summed E-state index contributed by atoms with van der Waals surface area (Å²) in [5.41, 5.74) is 3.29. The van der Waals surface area contributed by atoms with Crippen LogP contribution in [0.4, 0.5) is 0 Å². The number of nitrogens with zero attached hydrogens (tertiary/aromatic N) is 1. The fourth-order valence-electron chi connectivity index (χ4n) is 2.32. The maximum absolute atomic E-state index is 12.0. The molecular weight excluding hydrogens is 304 g/mol. The Hall–Kier alpha value is -1.30. The number of hydrogen-bond donors (Lipinski definition) is 1. The first-order chi connectivity index (χ1) is 9.99. The molecule has 0 radical (unpaired) electrons.